The predicted octanol–water partition coefficient (Wildman–Crippen LogP) is 2.56. The zero-order valence-corrected chi connectivity index (χ0v) is 11.4. The molecule has 5 saturated carbocycles. The highest BCUT2D eigenvalue weighted by Gasteiger charge is 2.49. The molecule has 0 heterocycles. The molecule has 0 unspecified atom stereocenters. The minimum absolute atomic E-state index is 0.378. The van der Waals surface area contributed by atoms with Crippen LogP contribution in [-0.2, 0) is 0 Å². The third-order valence-corrected chi connectivity index (χ3v) is 6.54. The van der Waals surface area contributed by atoms with E-state index in [1.165, 1.54) is 45.1 Å². The Labute approximate surface area is 111 Å². The van der Waals surface area contributed by atoms with Crippen molar-refractivity contribution in [3.63, 3.8) is 0 Å². The molecule has 0 amide bonds. The second-order valence-electron chi connectivity index (χ2n) is 7.81. The minimum atomic E-state index is 0.378. The summed E-state index contributed by atoms with van der Waals surface area (Å²) in [5.74, 6) is 4.15. The molecular formula is C16H27NO. The summed E-state index contributed by atoms with van der Waals surface area (Å²) in [7, 11) is 0. The average molecular weight is 249 g/mol. The molecule has 102 valence electrons. The van der Waals surface area contributed by atoms with E-state index in [1.807, 2.05) is 0 Å². The van der Waals surface area contributed by atoms with Crippen molar-refractivity contribution in [2.75, 3.05) is 13.2 Å². The second kappa shape index (κ2) is 4.21. The van der Waals surface area contributed by atoms with Gasteiger partial charge >= 0.3 is 0 Å². The first kappa shape index (κ1) is 11.7. The number of aliphatic hydroxyl groups is 1. The van der Waals surface area contributed by atoms with Crippen LogP contribution in [0.5, 0.6) is 0 Å². The fourth-order valence-corrected chi connectivity index (χ4v) is 5.52. The second-order valence-corrected chi connectivity index (χ2v) is 7.81. The Balaban J connectivity index is 1.38. The molecule has 2 heteroatoms. The Morgan fingerprint density at radius 2 is 1.56 bits per heavy atom. The van der Waals surface area contributed by atoms with Gasteiger partial charge in [-0.25, -0.2) is 0 Å². The largest absolute Gasteiger partial charge is 0.396 e. The Bertz CT molecular complexity index is 295. The highest BCUT2D eigenvalue weighted by atomic mass is 16.3. The molecule has 2 nitrogen and oxygen atoms in total. The first-order valence-corrected chi connectivity index (χ1v) is 8.12. The number of nitrogens with one attached hydrogen (secondary N) is 1. The molecule has 5 aliphatic carbocycles. The van der Waals surface area contributed by atoms with Crippen molar-refractivity contribution in [3.05, 3.63) is 0 Å². The van der Waals surface area contributed by atoms with E-state index in [0.29, 0.717) is 12.0 Å². The van der Waals surface area contributed by atoms with E-state index in [2.05, 4.69) is 5.32 Å². The minimum Gasteiger partial charge on any atom is -0.396 e. The SMILES string of the molecule is OCCC1(CNC2C3CC4CC(C3)CC2C4)CC1. The zero-order chi connectivity index (χ0) is 12.2. The maximum atomic E-state index is 9.15. The van der Waals surface area contributed by atoms with Crippen LogP contribution in [0.15, 0.2) is 0 Å². The molecule has 0 spiro atoms. The molecule has 5 aliphatic rings. The summed E-state index contributed by atoms with van der Waals surface area (Å²) in [5.41, 5.74) is 0.489. The smallest absolute Gasteiger partial charge is 0.0436 e. The van der Waals surface area contributed by atoms with Gasteiger partial charge in [0, 0.05) is 19.2 Å². The first-order chi connectivity index (χ1) is 8.78. The molecule has 0 saturated heterocycles. The van der Waals surface area contributed by atoms with Gasteiger partial charge in [0.05, 0.1) is 0 Å². The van der Waals surface area contributed by atoms with Gasteiger partial charge < -0.3 is 10.4 Å². The topological polar surface area (TPSA) is 32.3 Å². The standard InChI is InChI=1S/C16H27NO/c18-4-3-16(1-2-16)10-17-15-13-6-11-5-12(8-13)9-14(15)7-11/h11-15,17-18H,1-10H2. The quantitative estimate of drug-likeness (QED) is 0.785. The van der Waals surface area contributed by atoms with Crippen molar-refractivity contribution in [3.8, 4) is 0 Å². The normalized spacial score (nSPS) is 47.5. The molecule has 0 aromatic carbocycles. The summed E-state index contributed by atoms with van der Waals surface area (Å²) in [6, 6.07) is 0.828. The molecule has 0 aromatic heterocycles. The predicted molar refractivity (Wildman–Crippen MR) is 72.2 cm³/mol. The van der Waals surface area contributed by atoms with Crippen LogP contribution in [0.3, 0.4) is 0 Å². The van der Waals surface area contributed by atoms with Crippen LogP contribution >= 0.6 is 0 Å². The first-order valence-electron chi connectivity index (χ1n) is 8.12. The van der Waals surface area contributed by atoms with Gasteiger partial charge in [-0.05, 0) is 80.5 Å². The van der Waals surface area contributed by atoms with Gasteiger partial charge in [0.1, 0.15) is 0 Å². The van der Waals surface area contributed by atoms with Crippen molar-refractivity contribution >= 4 is 0 Å². The van der Waals surface area contributed by atoms with E-state index in [4.69, 9.17) is 5.11 Å². The lowest BCUT2D eigenvalue weighted by Gasteiger charge is -2.54. The Hall–Kier alpha value is -0.0800. The molecule has 18 heavy (non-hydrogen) atoms. The lowest BCUT2D eigenvalue weighted by Crippen LogP contribution is -2.55. The van der Waals surface area contributed by atoms with Crippen LogP contribution < -0.4 is 5.32 Å². The lowest BCUT2D eigenvalue weighted by molar-refractivity contribution is -0.0155. The van der Waals surface area contributed by atoms with Gasteiger partial charge in [-0.3, -0.25) is 0 Å². The van der Waals surface area contributed by atoms with Gasteiger partial charge in [-0.1, -0.05) is 0 Å². The fourth-order valence-electron chi connectivity index (χ4n) is 5.52. The average Bonchev–Trinajstić information content (AvgIpc) is 3.08. The van der Waals surface area contributed by atoms with Gasteiger partial charge in [-0.2, -0.15) is 0 Å². The molecule has 0 radical (unpaired) electrons. The third kappa shape index (κ3) is 1.92. The van der Waals surface area contributed by atoms with Gasteiger partial charge in [0.2, 0.25) is 0 Å². The van der Waals surface area contributed by atoms with E-state index in [1.54, 1.807) is 6.42 Å². The van der Waals surface area contributed by atoms with E-state index in [-0.39, 0.29) is 0 Å². The van der Waals surface area contributed by atoms with Crippen LogP contribution in [0.4, 0.5) is 0 Å². The summed E-state index contributed by atoms with van der Waals surface area (Å²) in [5, 5.41) is 13.1. The molecule has 0 aliphatic heterocycles. The van der Waals surface area contributed by atoms with E-state index in [0.717, 1.165) is 36.1 Å². The van der Waals surface area contributed by atoms with Gasteiger partial charge in [-0.15, -0.1) is 0 Å². The molecule has 5 fully saturated rings. The number of hydrogen-bond donors (Lipinski definition) is 2. The zero-order valence-electron chi connectivity index (χ0n) is 11.4. The van der Waals surface area contributed by atoms with Crippen LogP contribution in [0.1, 0.15) is 51.4 Å². The molecular weight excluding hydrogens is 222 g/mol. The van der Waals surface area contributed by atoms with E-state index in [9.17, 15) is 0 Å². The maximum Gasteiger partial charge on any atom is 0.0436 e. The summed E-state index contributed by atoms with van der Waals surface area (Å²) >= 11 is 0. The Morgan fingerprint density at radius 1 is 0.944 bits per heavy atom. The van der Waals surface area contributed by atoms with Crippen molar-refractivity contribution in [2.45, 2.75) is 57.4 Å². The van der Waals surface area contributed by atoms with Crippen molar-refractivity contribution < 1.29 is 5.11 Å². The summed E-state index contributed by atoms with van der Waals surface area (Å²) in [6.45, 7) is 1.56. The Morgan fingerprint density at radius 3 is 2.06 bits per heavy atom. The number of aliphatic hydroxyl groups excluding tert-OH is 1. The van der Waals surface area contributed by atoms with Crippen LogP contribution in [-0.4, -0.2) is 24.3 Å². The van der Waals surface area contributed by atoms with Crippen LogP contribution in [0.2, 0.25) is 0 Å². The third-order valence-electron chi connectivity index (χ3n) is 6.54. The highest BCUT2D eigenvalue weighted by Crippen LogP contribution is 2.54. The molecule has 0 aromatic rings. The van der Waals surface area contributed by atoms with Gasteiger partial charge in [0.15, 0.2) is 0 Å². The molecule has 2 N–H and O–H groups in total. The monoisotopic (exact) mass is 249 g/mol. The van der Waals surface area contributed by atoms with Crippen LogP contribution in [0.25, 0.3) is 0 Å². The number of rotatable bonds is 5. The summed E-state index contributed by atoms with van der Waals surface area (Å²) < 4.78 is 0. The fraction of sp³-hybridized carbons (Fsp3) is 1.00. The Kier molecular flexibility index (Phi) is 2.74. The van der Waals surface area contributed by atoms with Crippen molar-refractivity contribution in [1.29, 1.82) is 0 Å². The number of hydrogen-bond acceptors (Lipinski definition) is 2. The molecule has 4 bridgehead atoms. The van der Waals surface area contributed by atoms with Gasteiger partial charge in [0.25, 0.3) is 0 Å². The summed E-state index contributed by atoms with van der Waals surface area (Å²) in [4.78, 5) is 0. The van der Waals surface area contributed by atoms with Crippen molar-refractivity contribution in [1.82, 2.24) is 5.32 Å². The summed E-state index contributed by atoms with van der Waals surface area (Å²) in [6.07, 6.45) is 11.3. The van der Waals surface area contributed by atoms with Crippen LogP contribution in [0, 0.1) is 29.1 Å². The molecule has 5 rings (SSSR count). The van der Waals surface area contributed by atoms with E-state index >= 15 is 0 Å². The highest BCUT2D eigenvalue weighted by molar-refractivity contribution is 5.03. The van der Waals surface area contributed by atoms with E-state index < -0.39 is 0 Å². The lowest BCUT2D eigenvalue weighted by atomic mass is 9.54. The molecule has 0 atom stereocenters. The maximum absolute atomic E-state index is 9.15. The van der Waals surface area contributed by atoms with Crippen molar-refractivity contribution in [2.24, 2.45) is 29.1 Å².